The van der Waals surface area contributed by atoms with Gasteiger partial charge >= 0.3 is 0 Å². The summed E-state index contributed by atoms with van der Waals surface area (Å²) < 4.78 is 0. The fraction of sp³-hybridized carbons (Fsp3) is 0.500. The minimum Gasteiger partial charge on any atom is -0.392 e. The van der Waals surface area contributed by atoms with Crippen molar-refractivity contribution >= 4 is 5.91 Å². The number of carbonyl (C=O) groups is 1. The van der Waals surface area contributed by atoms with E-state index < -0.39 is 17.6 Å². The Bertz CT molecular complexity index is 388. The first-order valence-corrected chi connectivity index (χ1v) is 6.13. The third kappa shape index (κ3) is 3.55. The van der Waals surface area contributed by atoms with Gasteiger partial charge < -0.3 is 16.2 Å². The molecular weight excluding hydrogens is 228 g/mol. The molecule has 1 aromatic rings. The highest BCUT2D eigenvalue weighted by Crippen LogP contribution is 2.22. The Labute approximate surface area is 108 Å². The Morgan fingerprint density at radius 3 is 2.44 bits per heavy atom. The molecule has 4 heteroatoms. The van der Waals surface area contributed by atoms with Crippen molar-refractivity contribution in [2.75, 3.05) is 6.54 Å². The molecule has 18 heavy (non-hydrogen) atoms. The van der Waals surface area contributed by atoms with Crippen molar-refractivity contribution in [3.63, 3.8) is 0 Å². The van der Waals surface area contributed by atoms with E-state index in [0.29, 0.717) is 0 Å². The van der Waals surface area contributed by atoms with E-state index in [2.05, 4.69) is 5.32 Å². The van der Waals surface area contributed by atoms with E-state index in [0.717, 1.165) is 5.56 Å². The number of aliphatic hydroxyl groups excluding tert-OH is 1. The molecule has 0 saturated heterocycles. The largest absolute Gasteiger partial charge is 0.392 e. The number of hydrogen-bond donors (Lipinski definition) is 3. The first kappa shape index (κ1) is 14.7. The minimum atomic E-state index is -0.634. The van der Waals surface area contributed by atoms with Crippen molar-refractivity contribution in [3.8, 4) is 0 Å². The molecule has 2 atom stereocenters. The number of rotatable bonds is 5. The number of benzene rings is 1. The summed E-state index contributed by atoms with van der Waals surface area (Å²) in [5.41, 5.74) is 6.02. The van der Waals surface area contributed by atoms with E-state index in [1.807, 2.05) is 44.2 Å². The second kappa shape index (κ2) is 5.98. The highest BCUT2D eigenvalue weighted by atomic mass is 16.3. The zero-order valence-electron chi connectivity index (χ0n) is 11.2. The lowest BCUT2D eigenvalue weighted by atomic mass is 9.83. The molecule has 1 aromatic carbocycles. The van der Waals surface area contributed by atoms with Crippen molar-refractivity contribution in [2.45, 2.75) is 38.3 Å². The average molecular weight is 250 g/mol. The zero-order chi connectivity index (χ0) is 13.8. The molecule has 2 unspecified atom stereocenters. The maximum Gasteiger partial charge on any atom is 0.230 e. The topological polar surface area (TPSA) is 75.3 Å². The summed E-state index contributed by atoms with van der Waals surface area (Å²) in [5, 5.41) is 12.1. The van der Waals surface area contributed by atoms with Crippen LogP contribution in [0.25, 0.3) is 0 Å². The second-order valence-electron chi connectivity index (χ2n) is 5.11. The molecular formula is C14H22N2O2. The molecule has 0 saturated carbocycles. The van der Waals surface area contributed by atoms with E-state index >= 15 is 0 Å². The SMILES string of the molecule is CC(O)C(N)CNC(=O)C(C)(C)c1ccccc1. The Morgan fingerprint density at radius 1 is 1.39 bits per heavy atom. The van der Waals surface area contributed by atoms with E-state index in [1.165, 1.54) is 0 Å². The van der Waals surface area contributed by atoms with Crippen LogP contribution in [0.3, 0.4) is 0 Å². The van der Waals surface area contributed by atoms with Crippen LogP contribution in [0.4, 0.5) is 0 Å². The third-order valence-electron chi connectivity index (χ3n) is 3.18. The lowest BCUT2D eigenvalue weighted by Gasteiger charge is -2.25. The fourth-order valence-corrected chi connectivity index (χ4v) is 1.59. The predicted molar refractivity (Wildman–Crippen MR) is 72.1 cm³/mol. The van der Waals surface area contributed by atoms with Gasteiger partial charge in [0.2, 0.25) is 5.91 Å². The van der Waals surface area contributed by atoms with Gasteiger partial charge in [-0.3, -0.25) is 4.79 Å². The van der Waals surface area contributed by atoms with Crippen LogP contribution in [0.15, 0.2) is 30.3 Å². The summed E-state index contributed by atoms with van der Waals surface area (Å²) in [6, 6.07) is 9.14. The van der Waals surface area contributed by atoms with Gasteiger partial charge in [-0.15, -0.1) is 0 Å². The molecule has 4 N–H and O–H groups in total. The zero-order valence-corrected chi connectivity index (χ0v) is 11.2. The predicted octanol–water partition coefficient (Wildman–Crippen LogP) is 0.789. The summed E-state index contributed by atoms with van der Waals surface area (Å²) in [7, 11) is 0. The van der Waals surface area contributed by atoms with Crippen molar-refractivity contribution in [3.05, 3.63) is 35.9 Å². The molecule has 0 aromatic heterocycles. The highest BCUT2D eigenvalue weighted by molar-refractivity contribution is 5.87. The number of aliphatic hydroxyl groups is 1. The second-order valence-corrected chi connectivity index (χ2v) is 5.11. The van der Waals surface area contributed by atoms with Crippen LogP contribution in [0.5, 0.6) is 0 Å². The average Bonchev–Trinajstić information content (AvgIpc) is 2.36. The van der Waals surface area contributed by atoms with Crippen molar-refractivity contribution < 1.29 is 9.90 Å². The first-order valence-electron chi connectivity index (χ1n) is 6.13. The number of carbonyl (C=O) groups excluding carboxylic acids is 1. The first-order chi connectivity index (χ1) is 8.35. The van der Waals surface area contributed by atoms with Gasteiger partial charge in [0.15, 0.2) is 0 Å². The normalized spacial score (nSPS) is 14.9. The Balaban J connectivity index is 2.66. The molecule has 0 radical (unpaired) electrons. The van der Waals surface area contributed by atoms with E-state index in [-0.39, 0.29) is 12.5 Å². The summed E-state index contributed by atoms with van der Waals surface area (Å²) in [4.78, 5) is 12.1. The third-order valence-corrected chi connectivity index (χ3v) is 3.18. The quantitative estimate of drug-likeness (QED) is 0.723. The minimum absolute atomic E-state index is 0.0928. The maximum atomic E-state index is 12.1. The van der Waals surface area contributed by atoms with Gasteiger partial charge in [0.1, 0.15) is 0 Å². The molecule has 100 valence electrons. The van der Waals surface area contributed by atoms with Crippen LogP contribution in [-0.2, 0) is 10.2 Å². The summed E-state index contributed by atoms with van der Waals surface area (Å²) in [6.45, 7) is 5.61. The maximum absolute atomic E-state index is 12.1. The number of nitrogens with one attached hydrogen (secondary N) is 1. The Morgan fingerprint density at radius 2 is 1.94 bits per heavy atom. The van der Waals surface area contributed by atoms with Gasteiger partial charge in [0.05, 0.1) is 11.5 Å². The monoisotopic (exact) mass is 250 g/mol. The van der Waals surface area contributed by atoms with Gasteiger partial charge in [0, 0.05) is 12.6 Å². The standard InChI is InChI=1S/C14H22N2O2/c1-10(17)12(15)9-16-13(18)14(2,3)11-7-5-4-6-8-11/h4-8,10,12,17H,9,15H2,1-3H3,(H,16,18). The molecule has 0 fully saturated rings. The van der Waals surface area contributed by atoms with Crippen LogP contribution in [0, 0.1) is 0 Å². The van der Waals surface area contributed by atoms with Gasteiger partial charge in [-0.25, -0.2) is 0 Å². The fourth-order valence-electron chi connectivity index (χ4n) is 1.59. The molecule has 0 heterocycles. The molecule has 1 amide bonds. The molecule has 0 aliphatic rings. The van der Waals surface area contributed by atoms with Crippen LogP contribution < -0.4 is 11.1 Å². The van der Waals surface area contributed by atoms with E-state index in [1.54, 1.807) is 6.92 Å². The molecule has 4 nitrogen and oxygen atoms in total. The van der Waals surface area contributed by atoms with E-state index in [9.17, 15) is 9.90 Å². The highest BCUT2D eigenvalue weighted by Gasteiger charge is 2.29. The number of nitrogens with two attached hydrogens (primary N) is 1. The number of amides is 1. The summed E-state index contributed by atoms with van der Waals surface area (Å²) in [6.07, 6.45) is -0.634. The van der Waals surface area contributed by atoms with E-state index in [4.69, 9.17) is 5.73 Å². The van der Waals surface area contributed by atoms with Crippen LogP contribution in [0.2, 0.25) is 0 Å². The van der Waals surface area contributed by atoms with Crippen LogP contribution in [-0.4, -0.2) is 29.7 Å². The van der Waals surface area contributed by atoms with Crippen molar-refractivity contribution in [2.24, 2.45) is 5.73 Å². The van der Waals surface area contributed by atoms with Crippen LogP contribution in [0.1, 0.15) is 26.3 Å². The summed E-state index contributed by atoms with van der Waals surface area (Å²) in [5.74, 6) is -0.0928. The molecule has 0 bridgehead atoms. The summed E-state index contributed by atoms with van der Waals surface area (Å²) >= 11 is 0. The van der Waals surface area contributed by atoms with Gasteiger partial charge in [-0.2, -0.15) is 0 Å². The van der Waals surface area contributed by atoms with Crippen molar-refractivity contribution in [1.82, 2.24) is 5.32 Å². The molecule has 1 rings (SSSR count). The number of hydrogen-bond acceptors (Lipinski definition) is 3. The lowest BCUT2D eigenvalue weighted by Crippen LogP contribution is -2.48. The van der Waals surface area contributed by atoms with Gasteiger partial charge in [0.25, 0.3) is 0 Å². The Hall–Kier alpha value is -1.39. The van der Waals surface area contributed by atoms with Gasteiger partial charge in [-0.1, -0.05) is 30.3 Å². The Kier molecular flexibility index (Phi) is 4.87. The lowest BCUT2D eigenvalue weighted by molar-refractivity contribution is -0.125. The van der Waals surface area contributed by atoms with Gasteiger partial charge in [-0.05, 0) is 26.3 Å². The van der Waals surface area contributed by atoms with Crippen molar-refractivity contribution in [1.29, 1.82) is 0 Å². The molecule has 0 aliphatic carbocycles. The van der Waals surface area contributed by atoms with Crippen LogP contribution >= 0.6 is 0 Å². The smallest absolute Gasteiger partial charge is 0.230 e. The molecule has 0 spiro atoms. The molecule has 0 aliphatic heterocycles.